The Morgan fingerprint density at radius 1 is 1.04 bits per heavy atom. The van der Waals surface area contributed by atoms with Crippen LogP contribution < -0.4 is 11.2 Å². The highest BCUT2D eigenvalue weighted by Gasteiger charge is 2.11. The highest BCUT2D eigenvalue weighted by Crippen LogP contribution is 2.12. The number of rotatable bonds is 5. The number of nitrogens with zero attached hydrogens (tertiary/aromatic N) is 1. The van der Waals surface area contributed by atoms with Gasteiger partial charge in [-0.3, -0.25) is 9.36 Å². The van der Waals surface area contributed by atoms with Crippen molar-refractivity contribution in [3.05, 3.63) is 80.5 Å². The van der Waals surface area contributed by atoms with Gasteiger partial charge in [-0.05, 0) is 11.6 Å². The third-order valence-corrected chi connectivity index (χ3v) is 3.59. The van der Waals surface area contributed by atoms with E-state index in [1.807, 2.05) is 30.3 Å². The molecule has 0 aliphatic carbocycles. The summed E-state index contributed by atoms with van der Waals surface area (Å²) in [5.74, 6) is -2.26. The molecule has 3 aromatic rings. The molecule has 7 heteroatoms. The van der Waals surface area contributed by atoms with E-state index in [1.165, 1.54) is 0 Å². The minimum atomic E-state index is -1.14. The summed E-state index contributed by atoms with van der Waals surface area (Å²) in [6.07, 6.45) is 0. The number of aromatic amines is 1. The van der Waals surface area contributed by atoms with Gasteiger partial charge in [0.05, 0.1) is 30.7 Å². The lowest BCUT2D eigenvalue weighted by Crippen LogP contribution is -2.36. The summed E-state index contributed by atoms with van der Waals surface area (Å²) in [6, 6.07) is 11.0. The molecule has 0 aliphatic heterocycles. The molecule has 124 valence electrons. The fraction of sp³-hybridized carbons (Fsp3) is 0.176. The van der Waals surface area contributed by atoms with Crippen molar-refractivity contribution < 1.29 is 13.5 Å². The Morgan fingerprint density at radius 2 is 1.75 bits per heavy atom. The van der Waals surface area contributed by atoms with E-state index in [2.05, 4.69) is 4.98 Å². The van der Waals surface area contributed by atoms with Crippen LogP contribution in [-0.2, 0) is 17.9 Å². The van der Waals surface area contributed by atoms with E-state index in [4.69, 9.17) is 4.74 Å². The van der Waals surface area contributed by atoms with E-state index >= 15 is 0 Å². The molecule has 0 atom stereocenters. The smallest absolute Gasteiger partial charge is 0.328 e. The van der Waals surface area contributed by atoms with Crippen molar-refractivity contribution in [3.8, 4) is 0 Å². The number of benzene rings is 2. The minimum Gasteiger partial charge on any atom is -0.375 e. The number of fused-ring (bicyclic) bond motifs is 1. The molecule has 2 aromatic carbocycles. The van der Waals surface area contributed by atoms with Crippen LogP contribution in [0.15, 0.2) is 52.1 Å². The van der Waals surface area contributed by atoms with Gasteiger partial charge in [-0.25, -0.2) is 13.6 Å². The Bertz CT molecular complexity index is 981. The van der Waals surface area contributed by atoms with Gasteiger partial charge in [0.2, 0.25) is 0 Å². The molecule has 0 bridgehead atoms. The second-order valence-corrected chi connectivity index (χ2v) is 5.24. The molecule has 0 aliphatic rings. The molecule has 0 fully saturated rings. The standard InChI is InChI=1S/C17H14F2N2O3/c18-13-8-12-15(9-14(13)19)20-17(23)21(16(12)22)6-7-24-10-11-4-2-1-3-5-11/h1-5,8-9H,6-7,10H2,(H,20,23). The summed E-state index contributed by atoms with van der Waals surface area (Å²) in [4.78, 5) is 26.6. The summed E-state index contributed by atoms with van der Waals surface area (Å²) in [5.41, 5.74) is -0.446. The number of ether oxygens (including phenoxy) is 1. The van der Waals surface area contributed by atoms with E-state index in [1.54, 1.807) is 0 Å². The van der Waals surface area contributed by atoms with Crippen LogP contribution in [0.5, 0.6) is 0 Å². The summed E-state index contributed by atoms with van der Waals surface area (Å²) in [6.45, 7) is 0.490. The van der Waals surface area contributed by atoms with Crippen LogP contribution in [0.3, 0.4) is 0 Å². The molecular formula is C17H14F2N2O3. The fourth-order valence-electron chi connectivity index (χ4n) is 2.37. The lowest BCUT2D eigenvalue weighted by atomic mass is 10.2. The van der Waals surface area contributed by atoms with Crippen LogP contribution in [0.1, 0.15) is 5.56 Å². The Balaban J connectivity index is 1.78. The molecule has 3 rings (SSSR count). The van der Waals surface area contributed by atoms with Crippen molar-refractivity contribution in [1.82, 2.24) is 9.55 Å². The Labute approximate surface area is 135 Å². The molecule has 1 heterocycles. The van der Waals surface area contributed by atoms with Crippen LogP contribution in [0.25, 0.3) is 10.9 Å². The van der Waals surface area contributed by atoms with Gasteiger partial charge in [-0.15, -0.1) is 0 Å². The Hall–Kier alpha value is -2.80. The lowest BCUT2D eigenvalue weighted by Gasteiger charge is -2.08. The molecule has 0 unspecified atom stereocenters. The Morgan fingerprint density at radius 3 is 2.50 bits per heavy atom. The van der Waals surface area contributed by atoms with E-state index in [-0.39, 0.29) is 24.1 Å². The zero-order chi connectivity index (χ0) is 17.1. The van der Waals surface area contributed by atoms with Crippen LogP contribution in [-0.4, -0.2) is 16.2 Å². The average molecular weight is 332 g/mol. The first-order valence-corrected chi connectivity index (χ1v) is 7.30. The maximum Gasteiger partial charge on any atom is 0.328 e. The summed E-state index contributed by atoms with van der Waals surface area (Å²) in [7, 11) is 0. The maximum absolute atomic E-state index is 13.3. The Kier molecular flexibility index (Phi) is 4.52. The first kappa shape index (κ1) is 16.1. The highest BCUT2D eigenvalue weighted by atomic mass is 19.2. The molecule has 1 N–H and O–H groups in total. The van der Waals surface area contributed by atoms with Crippen molar-refractivity contribution in [2.45, 2.75) is 13.2 Å². The normalized spacial score (nSPS) is 11.1. The maximum atomic E-state index is 13.3. The number of H-pyrrole nitrogens is 1. The van der Waals surface area contributed by atoms with Crippen LogP contribution in [0, 0.1) is 11.6 Å². The van der Waals surface area contributed by atoms with E-state index in [0.717, 1.165) is 22.3 Å². The molecule has 0 amide bonds. The minimum absolute atomic E-state index is 0.00986. The number of halogens is 2. The van der Waals surface area contributed by atoms with Gasteiger partial charge in [0.15, 0.2) is 11.6 Å². The van der Waals surface area contributed by atoms with Crippen molar-refractivity contribution in [3.63, 3.8) is 0 Å². The molecule has 0 saturated heterocycles. The molecule has 5 nitrogen and oxygen atoms in total. The predicted octanol–water partition coefficient (Wildman–Crippen LogP) is 2.18. The number of hydrogen-bond acceptors (Lipinski definition) is 3. The second-order valence-electron chi connectivity index (χ2n) is 5.24. The lowest BCUT2D eigenvalue weighted by molar-refractivity contribution is 0.112. The van der Waals surface area contributed by atoms with Gasteiger partial charge in [-0.2, -0.15) is 0 Å². The average Bonchev–Trinajstić information content (AvgIpc) is 2.57. The van der Waals surface area contributed by atoms with Gasteiger partial charge >= 0.3 is 5.69 Å². The van der Waals surface area contributed by atoms with Crippen molar-refractivity contribution in [1.29, 1.82) is 0 Å². The zero-order valence-electron chi connectivity index (χ0n) is 12.6. The quantitative estimate of drug-likeness (QED) is 0.729. The first-order chi connectivity index (χ1) is 11.6. The van der Waals surface area contributed by atoms with E-state index in [9.17, 15) is 18.4 Å². The molecule has 0 spiro atoms. The van der Waals surface area contributed by atoms with Crippen molar-refractivity contribution >= 4 is 10.9 Å². The topological polar surface area (TPSA) is 64.1 Å². The van der Waals surface area contributed by atoms with Gasteiger partial charge in [-0.1, -0.05) is 30.3 Å². The van der Waals surface area contributed by atoms with Crippen LogP contribution >= 0.6 is 0 Å². The second kappa shape index (κ2) is 6.76. The first-order valence-electron chi connectivity index (χ1n) is 7.30. The van der Waals surface area contributed by atoms with Crippen LogP contribution in [0.2, 0.25) is 0 Å². The molecular weight excluding hydrogens is 318 g/mol. The van der Waals surface area contributed by atoms with E-state index < -0.39 is 22.9 Å². The fourth-order valence-corrected chi connectivity index (χ4v) is 2.37. The highest BCUT2D eigenvalue weighted by molar-refractivity contribution is 5.77. The number of aromatic nitrogens is 2. The summed E-state index contributed by atoms with van der Waals surface area (Å²) in [5, 5.41) is -0.0865. The monoisotopic (exact) mass is 332 g/mol. The number of nitrogens with one attached hydrogen (secondary N) is 1. The molecule has 24 heavy (non-hydrogen) atoms. The third kappa shape index (κ3) is 3.26. The van der Waals surface area contributed by atoms with Gasteiger partial charge in [0.25, 0.3) is 5.56 Å². The van der Waals surface area contributed by atoms with E-state index in [0.29, 0.717) is 6.61 Å². The van der Waals surface area contributed by atoms with Crippen LogP contribution in [0.4, 0.5) is 8.78 Å². The summed E-state index contributed by atoms with van der Waals surface area (Å²) >= 11 is 0. The molecule has 1 aromatic heterocycles. The van der Waals surface area contributed by atoms with Crippen molar-refractivity contribution in [2.24, 2.45) is 0 Å². The zero-order valence-corrected chi connectivity index (χ0v) is 12.6. The summed E-state index contributed by atoms with van der Waals surface area (Å²) < 4.78 is 32.9. The van der Waals surface area contributed by atoms with Gasteiger partial charge in [0.1, 0.15) is 0 Å². The van der Waals surface area contributed by atoms with Crippen molar-refractivity contribution in [2.75, 3.05) is 6.61 Å². The number of hydrogen-bond donors (Lipinski definition) is 1. The largest absolute Gasteiger partial charge is 0.375 e. The van der Waals surface area contributed by atoms with Gasteiger partial charge in [0, 0.05) is 6.07 Å². The SMILES string of the molecule is O=c1[nH]c2cc(F)c(F)cc2c(=O)n1CCOCc1ccccc1. The third-order valence-electron chi connectivity index (χ3n) is 3.59. The molecule has 0 radical (unpaired) electrons. The predicted molar refractivity (Wildman–Crippen MR) is 84.8 cm³/mol. The van der Waals surface area contributed by atoms with Gasteiger partial charge < -0.3 is 9.72 Å². The molecule has 0 saturated carbocycles.